The lowest BCUT2D eigenvalue weighted by Crippen LogP contribution is -2.07. The average molecular weight is 244 g/mol. The van der Waals surface area contributed by atoms with Gasteiger partial charge in [-0.05, 0) is 28.9 Å². The van der Waals surface area contributed by atoms with Gasteiger partial charge in [0, 0.05) is 9.52 Å². The van der Waals surface area contributed by atoms with Gasteiger partial charge in [-0.3, -0.25) is 0 Å². The minimum Gasteiger partial charge on any atom is -0.462 e. The van der Waals surface area contributed by atoms with E-state index in [2.05, 4.69) is 6.55 Å². The van der Waals surface area contributed by atoms with Crippen LogP contribution in [0, 0.1) is 0 Å². The highest BCUT2D eigenvalue weighted by molar-refractivity contribution is 6.33. The van der Waals surface area contributed by atoms with Gasteiger partial charge >= 0.3 is 5.97 Å². The van der Waals surface area contributed by atoms with Gasteiger partial charge in [0.1, 0.15) is 0 Å². The second-order valence-corrected chi connectivity index (χ2v) is 5.76. The van der Waals surface area contributed by atoms with Crippen molar-refractivity contribution >= 4 is 26.3 Å². The molecule has 17 heavy (non-hydrogen) atoms. The molecule has 0 aliphatic rings. The minimum absolute atomic E-state index is 0.0196. The second kappa shape index (κ2) is 5.64. The molecule has 0 N–H and O–H groups in total. The fraction of sp³-hybridized carbons (Fsp3) is 0.214. The smallest absolute Gasteiger partial charge is 0.338 e. The van der Waals surface area contributed by atoms with Crippen molar-refractivity contribution in [2.24, 2.45) is 0 Å². The van der Waals surface area contributed by atoms with Crippen LogP contribution in [0.4, 0.5) is 0 Å². The molecule has 0 saturated carbocycles. The molecule has 2 aromatic carbocycles. The predicted molar refractivity (Wildman–Crippen MR) is 73.4 cm³/mol. The van der Waals surface area contributed by atoms with Gasteiger partial charge < -0.3 is 4.74 Å². The third kappa shape index (κ3) is 2.94. The minimum atomic E-state index is -0.210. The van der Waals surface area contributed by atoms with E-state index in [0.29, 0.717) is 12.2 Å². The maximum Gasteiger partial charge on any atom is 0.338 e. The summed E-state index contributed by atoms with van der Waals surface area (Å²) in [5.41, 5.74) is 0.640. The van der Waals surface area contributed by atoms with Crippen LogP contribution in [0.5, 0.6) is 0 Å². The summed E-state index contributed by atoms with van der Waals surface area (Å²) in [6.07, 6.45) is 0. The standard InChI is InChI=1S/C14H16O2Si/c1-17-9-8-16-14(15)13-7-6-11-4-2-3-5-12(11)10-13/h2-7,10H,8-9,17H2,1H3. The zero-order valence-electron chi connectivity index (χ0n) is 9.98. The topological polar surface area (TPSA) is 26.3 Å². The number of hydrogen-bond acceptors (Lipinski definition) is 2. The van der Waals surface area contributed by atoms with Crippen molar-refractivity contribution in [2.75, 3.05) is 6.61 Å². The van der Waals surface area contributed by atoms with Crippen LogP contribution in [0.15, 0.2) is 42.5 Å². The molecule has 0 heterocycles. The normalized spacial score (nSPS) is 11.1. The number of hydrogen-bond donors (Lipinski definition) is 0. The Hall–Kier alpha value is -1.61. The molecule has 2 rings (SSSR count). The SMILES string of the molecule is C[SiH2]CCOC(=O)c1ccc2ccccc2c1. The summed E-state index contributed by atoms with van der Waals surface area (Å²) in [6.45, 7) is 2.78. The van der Waals surface area contributed by atoms with Crippen LogP contribution < -0.4 is 0 Å². The van der Waals surface area contributed by atoms with E-state index in [-0.39, 0.29) is 15.5 Å². The molecule has 0 atom stereocenters. The van der Waals surface area contributed by atoms with Gasteiger partial charge in [-0.1, -0.05) is 36.9 Å². The molecule has 0 fully saturated rings. The summed E-state index contributed by atoms with van der Waals surface area (Å²) in [5, 5.41) is 2.22. The average Bonchev–Trinajstić information content (AvgIpc) is 2.38. The van der Waals surface area contributed by atoms with Crippen molar-refractivity contribution < 1.29 is 9.53 Å². The Morgan fingerprint density at radius 3 is 2.71 bits per heavy atom. The van der Waals surface area contributed by atoms with Gasteiger partial charge in [-0.15, -0.1) is 0 Å². The largest absolute Gasteiger partial charge is 0.462 e. The summed E-state index contributed by atoms with van der Waals surface area (Å²) in [7, 11) is -0.0196. The van der Waals surface area contributed by atoms with E-state index in [1.165, 1.54) is 0 Å². The molecule has 88 valence electrons. The van der Waals surface area contributed by atoms with E-state index in [0.717, 1.165) is 16.8 Å². The fourth-order valence-corrected chi connectivity index (χ4v) is 2.14. The van der Waals surface area contributed by atoms with Crippen molar-refractivity contribution in [3.8, 4) is 0 Å². The Labute approximate surface area is 103 Å². The number of fused-ring (bicyclic) bond motifs is 1. The van der Waals surface area contributed by atoms with Crippen molar-refractivity contribution in [3.63, 3.8) is 0 Å². The lowest BCUT2D eigenvalue weighted by molar-refractivity contribution is 0.0526. The van der Waals surface area contributed by atoms with Crippen LogP contribution >= 0.6 is 0 Å². The third-order valence-electron chi connectivity index (χ3n) is 2.72. The van der Waals surface area contributed by atoms with Crippen LogP contribution in [0.25, 0.3) is 10.8 Å². The first-order valence-electron chi connectivity index (χ1n) is 5.97. The summed E-state index contributed by atoms with van der Waals surface area (Å²) >= 11 is 0. The number of rotatable bonds is 4. The number of ether oxygens (including phenoxy) is 1. The number of benzene rings is 2. The Kier molecular flexibility index (Phi) is 3.93. The zero-order valence-corrected chi connectivity index (χ0v) is 11.4. The summed E-state index contributed by atoms with van der Waals surface area (Å²) in [4.78, 5) is 11.8. The van der Waals surface area contributed by atoms with E-state index in [4.69, 9.17) is 4.74 Å². The lowest BCUT2D eigenvalue weighted by Gasteiger charge is -2.04. The molecule has 0 unspecified atom stereocenters. The van der Waals surface area contributed by atoms with Crippen LogP contribution in [-0.4, -0.2) is 22.1 Å². The van der Waals surface area contributed by atoms with E-state index < -0.39 is 0 Å². The Morgan fingerprint density at radius 2 is 1.94 bits per heavy atom. The molecule has 0 aromatic heterocycles. The van der Waals surface area contributed by atoms with Gasteiger partial charge in [0.05, 0.1) is 12.2 Å². The maximum atomic E-state index is 11.8. The lowest BCUT2D eigenvalue weighted by atomic mass is 10.1. The summed E-state index contributed by atoms with van der Waals surface area (Å²) < 4.78 is 5.21. The first kappa shape index (κ1) is 11.9. The molecule has 0 aliphatic heterocycles. The molecule has 0 aliphatic carbocycles. The van der Waals surface area contributed by atoms with Gasteiger partial charge in [0.15, 0.2) is 0 Å². The van der Waals surface area contributed by atoms with Crippen molar-refractivity contribution in [3.05, 3.63) is 48.0 Å². The number of carbonyl (C=O) groups excluding carboxylic acids is 1. The first-order chi connectivity index (χ1) is 8.31. The Bertz CT molecular complexity index is 522. The van der Waals surface area contributed by atoms with Crippen LogP contribution in [0.1, 0.15) is 10.4 Å². The molecule has 0 spiro atoms. The third-order valence-corrected chi connectivity index (χ3v) is 3.71. The van der Waals surface area contributed by atoms with E-state index in [9.17, 15) is 4.79 Å². The molecule has 0 bridgehead atoms. The van der Waals surface area contributed by atoms with Crippen LogP contribution in [0.3, 0.4) is 0 Å². The van der Waals surface area contributed by atoms with Crippen molar-refractivity contribution in [1.82, 2.24) is 0 Å². The second-order valence-electron chi connectivity index (χ2n) is 4.05. The van der Waals surface area contributed by atoms with Crippen molar-refractivity contribution in [2.45, 2.75) is 12.6 Å². The van der Waals surface area contributed by atoms with Gasteiger partial charge in [-0.25, -0.2) is 4.79 Å². The molecule has 0 saturated heterocycles. The van der Waals surface area contributed by atoms with Gasteiger partial charge in [-0.2, -0.15) is 0 Å². The van der Waals surface area contributed by atoms with E-state index in [1.807, 2.05) is 42.5 Å². The summed E-state index contributed by atoms with van der Waals surface area (Å²) in [6, 6.07) is 14.7. The maximum absolute atomic E-state index is 11.8. The van der Waals surface area contributed by atoms with Gasteiger partial charge in [0.25, 0.3) is 0 Å². The Balaban J connectivity index is 2.15. The molecule has 2 aromatic rings. The fourth-order valence-electron chi connectivity index (χ4n) is 1.71. The predicted octanol–water partition coefficient (Wildman–Crippen LogP) is 2.63. The summed E-state index contributed by atoms with van der Waals surface area (Å²) in [5.74, 6) is -0.210. The molecule has 0 radical (unpaired) electrons. The molecular formula is C14H16O2Si. The van der Waals surface area contributed by atoms with Gasteiger partial charge in [0.2, 0.25) is 0 Å². The molecular weight excluding hydrogens is 228 g/mol. The van der Waals surface area contributed by atoms with Crippen molar-refractivity contribution in [1.29, 1.82) is 0 Å². The molecule has 2 nitrogen and oxygen atoms in total. The highest BCUT2D eigenvalue weighted by Crippen LogP contribution is 2.16. The highest BCUT2D eigenvalue weighted by Gasteiger charge is 2.06. The quantitative estimate of drug-likeness (QED) is 0.469. The zero-order chi connectivity index (χ0) is 12.1. The first-order valence-corrected chi connectivity index (χ1v) is 8.38. The monoisotopic (exact) mass is 244 g/mol. The number of carbonyl (C=O) groups is 1. The van der Waals surface area contributed by atoms with Crippen LogP contribution in [0.2, 0.25) is 12.6 Å². The van der Waals surface area contributed by atoms with Crippen LogP contribution in [-0.2, 0) is 4.74 Å². The van der Waals surface area contributed by atoms with E-state index in [1.54, 1.807) is 0 Å². The molecule has 0 amide bonds. The van der Waals surface area contributed by atoms with E-state index >= 15 is 0 Å². The Morgan fingerprint density at radius 1 is 1.18 bits per heavy atom. The number of esters is 1. The highest BCUT2D eigenvalue weighted by atomic mass is 28.2. The molecule has 3 heteroatoms.